The van der Waals surface area contributed by atoms with E-state index < -0.39 is 0 Å². The summed E-state index contributed by atoms with van der Waals surface area (Å²) >= 11 is 0. The third-order valence-corrected chi connectivity index (χ3v) is 2.54. The molecule has 1 heterocycles. The number of carbonyl (C=O) groups is 1. The molecule has 0 spiro atoms. The maximum absolute atomic E-state index is 11.5. The molecule has 0 aliphatic carbocycles. The maximum atomic E-state index is 11.5. The van der Waals surface area contributed by atoms with Crippen LogP contribution in [0.3, 0.4) is 0 Å². The van der Waals surface area contributed by atoms with Gasteiger partial charge >= 0.3 is 5.97 Å². The van der Waals surface area contributed by atoms with Crippen LogP contribution in [0.15, 0.2) is 12.7 Å². The van der Waals surface area contributed by atoms with Crippen LogP contribution in [0.1, 0.15) is 26.2 Å². The van der Waals surface area contributed by atoms with E-state index in [-0.39, 0.29) is 12.0 Å². The molecule has 0 amide bonds. The molecule has 1 rings (SSSR count). The monoisotopic (exact) mass is 197 g/mol. The summed E-state index contributed by atoms with van der Waals surface area (Å²) in [5.41, 5.74) is 0. The molecular formula is C11H19NO2. The van der Waals surface area contributed by atoms with Gasteiger partial charge in [0, 0.05) is 6.54 Å². The third kappa shape index (κ3) is 2.84. The molecule has 0 radical (unpaired) electrons. The van der Waals surface area contributed by atoms with Crippen molar-refractivity contribution in [3.05, 3.63) is 12.7 Å². The third-order valence-electron chi connectivity index (χ3n) is 2.54. The quantitative estimate of drug-likeness (QED) is 0.495. The summed E-state index contributed by atoms with van der Waals surface area (Å²) in [6.07, 6.45) is 4.87. The van der Waals surface area contributed by atoms with E-state index >= 15 is 0 Å². The highest BCUT2D eigenvalue weighted by molar-refractivity contribution is 5.76. The van der Waals surface area contributed by atoms with Crippen LogP contribution in [0.25, 0.3) is 0 Å². The van der Waals surface area contributed by atoms with Crippen LogP contribution in [0.5, 0.6) is 0 Å². The molecule has 0 bridgehead atoms. The van der Waals surface area contributed by atoms with Crippen LogP contribution in [0, 0.1) is 0 Å². The Balaban J connectivity index is 2.41. The van der Waals surface area contributed by atoms with Crippen molar-refractivity contribution in [2.45, 2.75) is 32.2 Å². The highest BCUT2D eigenvalue weighted by Crippen LogP contribution is 2.18. The summed E-state index contributed by atoms with van der Waals surface area (Å²) in [5.74, 6) is -0.0611. The zero-order valence-electron chi connectivity index (χ0n) is 8.87. The molecule has 1 fully saturated rings. The first-order chi connectivity index (χ1) is 6.79. The molecule has 3 nitrogen and oxygen atoms in total. The van der Waals surface area contributed by atoms with Gasteiger partial charge in [-0.15, -0.1) is 6.58 Å². The van der Waals surface area contributed by atoms with Gasteiger partial charge in [-0.1, -0.05) is 6.08 Å². The first-order valence-electron chi connectivity index (χ1n) is 5.31. The Hall–Kier alpha value is -0.830. The van der Waals surface area contributed by atoms with Crippen molar-refractivity contribution in [2.24, 2.45) is 0 Å². The van der Waals surface area contributed by atoms with Gasteiger partial charge < -0.3 is 4.74 Å². The smallest absolute Gasteiger partial charge is 0.323 e. The fraction of sp³-hybridized carbons (Fsp3) is 0.727. The zero-order valence-corrected chi connectivity index (χ0v) is 8.87. The predicted octanol–water partition coefficient (Wildman–Crippen LogP) is 1.59. The van der Waals surface area contributed by atoms with Crippen LogP contribution < -0.4 is 0 Å². The molecule has 1 aliphatic heterocycles. The van der Waals surface area contributed by atoms with Gasteiger partial charge in [0.2, 0.25) is 0 Å². The van der Waals surface area contributed by atoms with Gasteiger partial charge in [-0.05, 0) is 32.7 Å². The van der Waals surface area contributed by atoms with E-state index in [1.165, 1.54) is 0 Å². The predicted molar refractivity (Wildman–Crippen MR) is 56.0 cm³/mol. The van der Waals surface area contributed by atoms with Crippen LogP contribution >= 0.6 is 0 Å². The molecular weight excluding hydrogens is 178 g/mol. The van der Waals surface area contributed by atoms with E-state index in [0.717, 1.165) is 32.4 Å². The molecule has 1 unspecified atom stereocenters. The number of esters is 1. The Morgan fingerprint density at radius 1 is 1.71 bits per heavy atom. The van der Waals surface area contributed by atoms with Gasteiger partial charge in [-0.2, -0.15) is 0 Å². The topological polar surface area (TPSA) is 29.5 Å². The fourth-order valence-corrected chi connectivity index (χ4v) is 1.86. The average molecular weight is 197 g/mol. The van der Waals surface area contributed by atoms with Crippen molar-refractivity contribution in [1.82, 2.24) is 4.90 Å². The Labute approximate surface area is 85.7 Å². The van der Waals surface area contributed by atoms with E-state index in [4.69, 9.17) is 4.74 Å². The Morgan fingerprint density at radius 2 is 2.50 bits per heavy atom. The molecule has 1 atom stereocenters. The second-order valence-corrected chi connectivity index (χ2v) is 3.52. The van der Waals surface area contributed by atoms with Gasteiger partial charge in [0.1, 0.15) is 6.04 Å². The number of nitrogens with zero attached hydrogens (tertiary/aromatic N) is 1. The Kier molecular flexibility index (Phi) is 4.66. The lowest BCUT2D eigenvalue weighted by molar-refractivity contribution is -0.148. The largest absolute Gasteiger partial charge is 0.465 e. The average Bonchev–Trinajstić information content (AvgIpc) is 2.63. The lowest BCUT2D eigenvalue weighted by Crippen LogP contribution is -2.37. The van der Waals surface area contributed by atoms with Crippen molar-refractivity contribution in [3.8, 4) is 0 Å². The molecule has 80 valence electrons. The minimum atomic E-state index is -0.0611. The van der Waals surface area contributed by atoms with Crippen molar-refractivity contribution < 1.29 is 9.53 Å². The van der Waals surface area contributed by atoms with Gasteiger partial charge in [-0.25, -0.2) is 0 Å². The number of rotatable bonds is 5. The van der Waals surface area contributed by atoms with Gasteiger partial charge in [0.05, 0.1) is 6.61 Å². The second kappa shape index (κ2) is 5.81. The molecule has 0 aromatic carbocycles. The Morgan fingerprint density at radius 3 is 3.14 bits per heavy atom. The molecule has 0 N–H and O–H groups in total. The lowest BCUT2D eigenvalue weighted by atomic mass is 10.2. The first kappa shape index (κ1) is 11.2. The summed E-state index contributed by atoms with van der Waals surface area (Å²) in [5, 5.41) is 0. The van der Waals surface area contributed by atoms with Crippen LogP contribution in [-0.4, -0.2) is 36.6 Å². The molecule has 1 aliphatic rings. The minimum absolute atomic E-state index is 0.00472. The van der Waals surface area contributed by atoms with E-state index in [2.05, 4.69) is 11.5 Å². The van der Waals surface area contributed by atoms with Gasteiger partial charge in [-0.3, -0.25) is 9.69 Å². The van der Waals surface area contributed by atoms with Crippen molar-refractivity contribution in [1.29, 1.82) is 0 Å². The summed E-state index contributed by atoms with van der Waals surface area (Å²) < 4.78 is 5.03. The Bertz CT molecular complexity index is 203. The van der Waals surface area contributed by atoms with Crippen LogP contribution in [-0.2, 0) is 9.53 Å². The highest BCUT2D eigenvalue weighted by atomic mass is 16.5. The molecule has 0 aromatic heterocycles. The normalized spacial score (nSPS) is 22.2. The number of carbonyl (C=O) groups excluding carboxylic acids is 1. The molecule has 14 heavy (non-hydrogen) atoms. The second-order valence-electron chi connectivity index (χ2n) is 3.52. The standard InChI is InChI=1S/C11H19NO2/c1-3-5-8-12-9-6-7-10(12)11(13)14-4-2/h3,10H,1,4-9H2,2H3. The lowest BCUT2D eigenvalue weighted by Gasteiger charge is -2.21. The summed E-state index contributed by atoms with van der Waals surface area (Å²) in [6.45, 7) is 7.94. The molecule has 0 saturated carbocycles. The highest BCUT2D eigenvalue weighted by Gasteiger charge is 2.30. The van der Waals surface area contributed by atoms with E-state index in [1.807, 2.05) is 13.0 Å². The summed E-state index contributed by atoms with van der Waals surface area (Å²) in [6, 6.07) is -0.00472. The van der Waals surface area contributed by atoms with Crippen molar-refractivity contribution in [2.75, 3.05) is 19.7 Å². The first-order valence-corrected chi connectivity index (χ1v) is 5.31. The van der Waals surface area contributed by atoms with Crippen molar-refractivity contribution >= 4 is 5.97 Å². The summed E-state index contributed by atoms with van der Waals surface area (Å²) in [7, 11) is 0. The van der Waals surface area contributed by atoms with Crippen LogP contribution in [0.4, 0.5) is 0 Å². The number of hydrogen-bond donors (Lipinski definition) is 0. The van der Waals surface area contributed by atoms with E-state index in [9.17, 15) is 4.79 Å². The number of ether oxygens (including phenoxy) is 1. The van der Waals surface area contributed by atoms with Gasteiger partial charge in [0.25, 0.3) is 0 Å². The SMILES string of the molecule is C=CCCN1CCCC1C(=O)OCC. The van der Waals surface area contributed by atoms with E-state index in [1.54, 1.807) is 0 Å². The van der Waals surface area contributed by atoms with Gasteiger partial charge in [0.15, 0.2) is 0 Å². The zero-order chi connectivity index (χ0) is 10.4. The number of hydrogen-bond acceptors (Lipinski definition) is 3. The van der Waals surface area contributed by atoms with Crippen LogP contribution in [0.2, 0.25) is 0 Å². The maximum Gasteiger partial charge on any atom is 0.323 e. The fourth-order valence-electron chi connectivity index (χ4n) is 1.86. The summed E-state index contributed by atoms with van der Waals surface area (Å²) in [4.78, 5) is 13.7. The minimum Gasteiger partial charge on any atom is -0.465 e. The molecule has 1 saturated heterocycles. The van der Waals surface area contributed by atoms with Crippen molar-refractivity contribution in [3.63, 3.8) is 0 Å². The molecule has 0 aromatic rings. The van der Waals surface area contributed by atoms with E-state index in [0.29, 0.717) is 6.61 Å². The number of likely N-dealkylation sites (tertiary alicyclic amines) is 1. The molecule has 3 heteroatoms.